The van der Waals surface area contributed by atoms with Crippen LogP contribution in [-0.2, 0) is 0 Å². The topological polar surface area (TPSA) is 21.3 Å². The van der Waals surface area contributed by atoms with Crippen LogP contribution in [0.3, 0.4) is 0 Å². The van der Waals surface area contributed by atoms with E-state index in [0.717, 1.165) is 18.9 Å². The van der Waals surface area contributed by atoms with E-state index in [-0.39, 0.29) is 0 Å². The number of rotatable bonds is 6. The second-order valence-corrected chi connectivity index (χ2v) is 5.68. The fourth-order valence-corrected chi connectivity index (χ4v) is 1.88. The highest BCUT2D eigenvalue weighted by Gasteiger charge is 2.07. The lowest BCUT2D eigenvalue weighted by molar-refractivity contribution is 0.251. The Kier molecular flexibility index (Phi) is 5.67. The maximum Gasteiger partial charge on any atom is 0.122 e. The maximum absolute atomic E-state index is 5.95. The molecule has 0 aliphatic carbocycles. The van der Waals surface area contributed by atoms with Gasteiger partial charge in [0.05, 0.1) is 6.61 Å². The molecular formula is C16H27NO. The highest BCUT2D eigenvalue weighted by Crippen LogP contribution is 2.23. The molecule has 0 spiro atoms. The van der Waals surface area contributed by atoms with Gasteiger partial charge in [-0.25, -0.2) is 0 Å². The summed E-state index contributed by atoms with van der Waals surface area (Å²) in [5.74, 6) is 1.55. The Morgan fingerprint density at radius 1 is 1.11 bits per heavy atom. The molecule has 0 radical (unpaired) electrons. The van der Waals surface area contributed by atoms with Crippen LogP contribution in [0.15, 0.2) is 12.1 Å². The van der Waals surface area contributed by atoms with Gasteiger partial charge >= 0.3 is 0 Å². The van der Waals surface area contributed by atoms with Gasteiger partial charge in [-0.3, -0.25) is 0 Å². The van der Waals surface area contributed by atoms with Gasteiger partial charge in [0.1, 0.15) is 5.75 Å². The molecule has 0 saturated carbocycles. The summed E-state index contributed by atoms with van der Waals surface area (Å²) < 4.78 is 5.95. The molecule has 102 valence electrons. The Bertz CT molecular complexity index is 385. The predicted molar refractivity (Wildman–Crippen MR) is 78.5 cm³/mol. The van der Waals surface area contributed by atoms with E-state index in [9.17, 15) is 0 Å². The molecular weight excluding hydrogens is 222 g/mol. The molecule has 0 heterocycles. The molecule has 1 rings (SSSR count). The standard InChI is InChI=1S/C16H27NO/c1-11(2)17-9-13(4)10-18-16-8-12(3)7-14(5)15(16)6/h7-8,11,13,17H,9-10H2,1-6H3. The molecule has 0 bridgehead atoms. The van der Waals surface area contributed by atoms with Gasteiger partial charge in [0.15, 0.2) is 0 Å². The van der Waals surface area contributed by atoms with E-state index in [1.165, 1.54) is 16.7 Å². The zero-order chi connectivity index (χ0) is 13.7. The van der Waals surface area contributed by atoms with Crippen molar-refractivity contribution in [3.8, 4) is 5.75 Å². The van der Waals surface area contributed by atoms with Crippen molar-refractivity contribution in [3.05, 3.63) is 28.8 Å². The molecule has 2 nitrogen and oxygen atoms in total. The van der Waals surface area contributed by atoms with Gasteiger partial charge in [0, 0.05) is 18.5 Å². The van der Waals surface area contributed by atoms with Gasteiger partial charge in [-0.2, -0.15) is 0 Å². The molecule has 1 atom stereocenters. The van der Waals surface area contributed by atoms with Crippen LogP contribution < -0.4 is 10.1 Å². The van der Waals surface area contributed by atoms with Crippen LogP contribution >= 0.6 is 0 Å². The Morgan fingerprint density at radius 2 is 1.78 bits per heavy atom. The lowest BCUT2D eigenvalue weighted by atomic mass is 10.1. The van der Waals surface area contributed by atoms with Gasteiger partial charge in [0.2, 0.25) is 0 Å². The Hall–Kier alpha value is -1.02. The first kappa shape index (κ1) is 15.0. The van der Waals surface area contributed by atoms with E-state index in [4.69, 9.17) is 4.74 Å². The van der Waals surface area contributed by atoms with E-state index in [0.29, 0.717) is 12.0 Å². The molecule has 0 aromatic heterocycles. The molecule has 1 aromatic rings. The smallest absolute Gasteiger partial charge is 0.122 e. The third kappa shape index (κ3) is 4.69. The Morgan fingerprint density at radius 3 is 2.39 bits per heavy atom. The lowest BCUT2D eigenvalue weighted by Gasteiger charge is -2.17. The number of benzene rings is 1. The highest BCUT2D eigenvalue weighted by molar-refractivity contribution is 5.41. The molecule has 1 unspecified atom stereocenters. The fourth-order valence-electron chi connectivity index (χ4n) is 1.88. The summed E-state index contributed by atoms with van der Waals surface area (Å²) in [6, 6.07) is 4.87. The number of hydrogen-bond acceptors (Lipinski definition) is 2. The van der Waals surface area contributed by atoms with Gasteiger partial charge in [-0.1, -0.05) is 26.8 Å². The minimum absolute atomic E-state index is 0.521. The summed E-state index contributed by atoms with van der Waals surface area (Å²) in [7, 11) is 0. The summed E-state index contributed by atoms with van der Waals surface area (Å²) in [6.45, 7) is 14.7. The van der Waals surface area contributed by atoms with Crippen molar-refractivity contribution in [3.63, 3.8) is 0 Å². The summed E-state index contributed by atoms with van der Waals surface area (Å²) in [4.78, 5) is 0. The average Bonchev–Trinajstić information content (AvgIpc) is 2.29. The molecule has 0 fully saturated rings. The SMILES string of the molecule is Cc1cc(C)c(C)c(OCC(C)CNC(C)C)c1. The van der Waals surface area contributed by atoms with E-state index >= 15 is 0 Å². The molecule has 0 aliphatic rings. The molecule has 18 heavy (non-hydrogen) atoms. The van der Waals surface area contributed by atoms with Crippen LogP contribution in [0.1, 0.15) is 37.5 Å². The van der Waals surface area contributed by atoms with Gasteiger partial charge in [-0.15, -0.1) is 0 Å². The largest absolute Gasteiger partial charge is 0.493 e. The minimum atomic E-state index is 0.521. The van der Waals surface area contributed by atoms with E-state index in [2.05, 4.69) is 59.0 Å². The second kappa shape index (κ2) is 6.79. The number of hydrogen-bond donors (Lipinski definition) is 1. The van der Waals surface area contributed by atoms with Crippen molar-refractivity contribution in [2.75, 3.05) is 13.2 Å². The van der Waals surface area contributed by atoms with Crippen molar-refractivity contribution in [2.45, 2.75) is 47.6 Å². The van der Waals surface area contributed by atoms with E-state index in [1.54, 1.807) is 0 Å². The zero-order valence-electron chi connectivity index (χ0n) is 12.6. The molecule has 1 N–H and O–H groups in total. The highest BCUT2D eigenvalue weighted by atomic mass is 16.5. The first-order chi connectivity index (χ1) is 8.40. The Labute approximate surface area is 112 Å². The molecule has 0 amide bonds. The normalized spacial score (nSPS) is 12.8. The summed E-state index contributed by atoms with van der Waals surface area (Å²) in [6.07, 6.45) is 0. The van der Waals surface area contributed by atoms with Crippen LogP contribution in [0.2, 0.25) is 0 Å². The maximum atomic E-state index is 5.95. The molecule has 0 aliphatic heterocycles. The van der Waals surface area contributed by atoms with E-state index in [1.807, 2.05) is 0 Å². The second-order valence-electron chi connectivity index (χ2n) is 5.68. The van der Waals surface area contributed by atoms with Crippen LogP contribution in [-0.4, -0.2) is 19.2 Å². The van der Waals surface area contributed by atoms with Crippen LogP contribution in [0.25, 0.3) is 0 Å². The van der Waals surface area contributed by atoms with Crippen molar-refractivity contribution >= 4 is 0 Å². The van der Waals surface area contributed by atoms with Crippen molar-refractivity contribution in [2.24, 2.45) is 5.92 Å². The van der Waals surface area contributed by atoms with Crippen molar-refractivity contribution < 1.29 is 4.74 Å². The van der Waals surface area contributed by atoms with Crippen molar-refractivity contribution in [1.82, 2.24) is 5.32 Å². The first-order valence-electron chi connectivity index (χ1n) is 6.84. The predicted octanol–water partition coefficient (Wildman–Crippen LogP) is 3.62. The summed E-state index contributed by atoms with van der Waals surface area (Å²) in [5.41, 5.74) is 3.82. The average molecular weight is 249 g/mol. The summed E-state index contributed by atoms with van der Waals surface area (Å²) >= 11 is 0. The summed E-state index contributed by atoms with van der Waals surface area (Å²) in [5, 5.41) is 3.44. The molecule has 2 heteroatoms. The molecule has 1 aromatic carbocycles. The van der Waals surface area contributed by atoms with Crippen LogP contribution in [0, 0.1) is 26.7 Å². The van der Waals surface area contributed by atoms with E-state index < -0.39 is 0 Å². The number of aryl methyl sites for hydroxylation is 2. The minimum Gasteiger partial charge on any atom is -0.493 e. The van der Waals surface area contributed by atoms with Gasteiger partial charge < -0.3 is 10.1 Å². The zero-order valence-corrected chi connectivity index (χ0v) is 12.6. The first-order valence-corrected chi connectivity index (χ1v) is 6.84. The number of ether oxygens (including phenoxy) is 1. The van der Waals surface area contributed by atoms with Crippen molar-refractivity contribution in [1.29, 1.82) is 0 Å². The number of nitrogens with one attached hydrogen (secondary N) is 1. The lowest BCUT2D eigenvalue weighted by Crippen LogP contribution is -2.30. The molecule has 0 saturated heterocycles. The van der Waals surface area contributed by atoms with Crippen LogP contribution in [0.5, 0.6) is 5.75 Å². The third-order valence-electron chi connectivity index (χ3n) is 3.16. The Balaban J connectivity index is 2.53. The van der Waals surface area contributed by atoms with Gasteiger partial charge in [-0.05, 0) is 43.5 Å². The van der Waals surface area contributed by atoms with Gasteiger partial charge in [0.25, 0.3) is 0 Å². The van der Waals surface area contributed by atoms with Crippen LogP contribution in [0.4, 0.5) is 0 Å². The third-order valence-corrected chi connectivity index (χ3v) is 3.16. The quantitative estimate of drug-likeness (QED) is 0.831. The fraction of sp³-hybridized carbons (Fsp3) is 0.625. The monoisotopic (exact) mass is 249 g/mol.